The lowest BCUT2D eigenvalue weighted by molar-refractivity contribution is -0.137. The molecule has 0 saturated carbocycles. The highest BCUT2D eigenvalue weighted by Gasteiger charge is 2.30. The minimum Gasteiger partial charge on any atom is -0.393 e. The van der Waals surface area contributed by atoms with E-state index in [4.69, 9.17) is 0 Å². The number of carbonyl (C=O) groups is 1. The predicted octanol–water partition coefficient (Wildman–Crippen LogP) is 6.21. The van der Waals surface area contributed by atoms with Gasteiger partial charge in [0.2, 0.25) is 5.91 Å². The molecule has 0 aliphatic heterocycles. The van der Waals surface area contributed by atoms with E-state index >= 15 is 0 Å². The van der Waals surface area contributed by atoms with Crippen LogP contribution in [0.3, 0.4) is 0 Å². The van der Waals surface area contributed by atoms with Crippen molar-refractivity contribution in [2.24, 2.45) is 0 Å². The second kappa shape index (κ2) is 9.66. The molecule has 0 saturated heterocycles. The third-order valence-electron chi connectivity index (χ3n) is 6.56. The van der Waals surface area contributed by atoms with E-state index in [-0.39, 0.29) is 12.5 Å². The number of halogens is 3. The number of hydrogen-bond donors (Lipinski definition) is 2. The smallest absolute Gasteiger partial charge is 0.393 e. The fourth-order valence-electron chi connectivity index (χ4n) is 4.80. The predicted molar refractivity (Wildman–Crippen MR) is 135 cm³/mol. The molecule has 0 radical (unpaired) electrons. The number of aliphatic hydroxyl groups is 1. The van der Waals surface area contributed by atoms with E-state index in [0.29, 0.717) is 29.8 Å². The summed E-state index contributed by atoms with van der Waals surface area (Å²) < 4.78 is 41.6. The molecule has 1 amide bonds. The SMILES string of the molecule is O=C(/C=C/c1cc2ccccc2n1Cc1cccc(C(F)(F)F)c1)Nc1cccc2c1CC(O)CC2. The largest absolute Gasteiger partial charge is 0.416 e. The normalized spacial score (nSPS) is 15.8. The number of aromatic nitrogens is 1. The Kier molecular flexibility index (Phi) is 6.41. The fourth-order valence-corrected chi connectivity index (χ4v) is 4.80. The molecule has 36 heavy (non-hydrogen) atoms. The molecule has 2 N–H and O–H groups in total. The van der Waals surface area contributed by atoms with Crippen molar-refractivity contribution in [1.82, 2.24) is 4.57 Å². The molecule has 4 nitrogen and oxygen atoms in total. The highest BCUT2D eigenvalue weighted by atomic mass is 19.4. The Morgan fingerprint density at radius 2 is 1.86 bits per heavy atom. The number of rotatable bonds is 5. The number of anilines is 1. The minimum absolute atomic E-state index is 0.225. The van der Waals surface area contributed by atoms with Crippen LogP contribution in [0.5, 0.6) is 0 Å². The number of para-hydroxylation sites is 1. The Bertz CT molecular complexity index is 1450. The van der Waals surface area contributed by atoms with Crippen molar-refractivity contribution in [2.75, 3.05) is 5.32 Å². The third-order valence-corrected chi connectivity index (χ3v) is 6.56. The van der Waals surface area contributed by atoms with Crippen molar-refractivity contribution in [1.29, 1.82) is 0 Å². The van der Waals surface area contributed by atoms with E-state index < -0.39 is 17.8 Å². The summed E-state index contributed by atoms with van der Waals surface area (Å²) >= 11 is 0. The van der Waals surface area contributed by atoms with Gasteiger partial charge in [-0.15, -0.1) is 0 Å². The van der Waals surface area contributed by atoms with E-state index in [9.17, 15) is 23.1 Å². The first kappa shape index (κ1) is 23.9. The number of hydrogen-bond acceptors (Lipinski definition) is 2. The second-order valence-electron chi connectivity index (χ2n) is 9.07. The fraction of sp³-hybridized carbons (Fsp3) is 0.207. The third kappa shape index (κ3) is 5.06. The van der Waals surface area contributed by atoms with E-state index in [2.05, 4.69) is 5.32 Å². The van der Waals surface area contributed by atoms with E-state index in [1.165, 1.54) is 12.1 Å². The molecule has 7 heteroatoms. The second-order valence-corrected chi connectivity index (χ2v) is 9.07. The van der Waals surface area contributed by atoms with E-state index in [1.807, 2.05) is 53.1 Å². The Morgan fingerprint density at radius 3 is 2.69 bits per heavy atom. The summed E-state index contributed by atoms with van der Waals surface area (Å²) in [5.74, 6) is -0.320. The van der Waals surface area contributed by atoms with E-state index in [1.54, 1.807) is 12.1 Å². The molecular weight excluding hydrogens is 465 g/mol. The topological polar surface area (TPSA) is 54.3 Å². The van der Waals surface area contributed by atoms with Crippen molar-refractivity contribution < 1.29 is 23.1 Å². The summed E-state index contributed by atoms with van der Waals surface area (Å²) in [6.45, 7) is 0.225. The van der Waals surface area contributed by atoms with Crippen molar-refractivity contribution in [3.63, 3.8) is 0 Å². The quantitative estimate of drug-likeness (QED) is 0.327. The van der Waals surface area contributed by atoms with Crippen LogP contribution in [0.2, 0.25) is 0 Å². The van der Waals surface area contributed by atoms with Gasteiger partial charge in [0.25, 0.3) is 0 Å². The Labute approximate surface area is 206 Å². The molecule has 1 aliphatic rings. The van der Waals surface area contributed by atoms with Gasteiger partial charge in [-0.1, -0.05) is 42.5 Å². The minimum atomic E-state index is -4.41. The monoisotopic (exact) mass is 490 g/mol. The summed E-state index contributed by atoms with van der Waals surface area (Å²) in [7, 11) is 0. The zero-order valence-electron chi connectivity index (χ0n) is 19.4. The zero-order chi connectivity index (χ0) is 25.3. The molecule has 3 aromatic carbocycles. The van der Waals surface area contributed by atoms with Gasteiger partial charge >= 0.3 is 6.18 Å². The maximum absolute atomic E-state index is 13.2. The first-order valence-electron chi connectivity index (χ1n) is 11.8. The number of aliphatic hydroxyl groups excluding tert-OH is 1. The average molecular weight is 491 g/mol. The first-order chi connectivity index (χ1) is 17.3. The van der Waals surface area contributed by atoms with Crippen LogP contribution in [0.25, 0.3) is 17.0 Å². The van der Waals surface area contributed by atoms with Gasteiger partial charge in [-0.3, -0.25) is 4.79 Å². The number of alkyl halides is 3. The summed E-state index contributed by atoms with van der Waals surface area (Å²) in [6.07, 6.45) is 0.246. The van der Waals surface area contributed by atoms with Crippen LogP contribution in [0.4, 0.5) is 18.9 Å². The Morgan fingerprint density at radius 1 is 1.06 bits per heavy atom. The number of nitrogens with one attached hydrogen (secondary N) is 1. The van der Waals surface area contributed by atoms with Gasteiger partial charge in [0.1, 0.15) is 0 Å². The molecule has 1 aromatic heterocycles. The van der Waals surface area contributed by atoms with Crippen LogP contribution in [-0.4, -0.2) is 21.7 Å². The molecule has 1 unspecified atom stereocenters. The molecule has 184 valence electrons. The lowest BCUT2D eigenvalue weighted by Crippen LogP contribution is -2.21. The maximum Gasteiger partial charge on any atom is 0.416 e. The molecular formula is C29H25F3N2O2. The molecule has 1 atom stereocenters. The maximum atomic E-state index is 13.2. The van der Waals surface area contributed by atoms with Gasteiger partial charge in [0.15, 0.2) is 0 Å². The summed E-state index contributed by atoms with van der Waals surface area (Å²) in [4.78, 5) is 12.8. The summed E-state index contributed by atoms with van der Waals surface area (Å²) in [5, 5.41) is 13.9. The zero-order valence-corrected chi connectivity index (χ0v) is 19.4. The summed E-state index contributed by atoms with van der Waals surface area (Å²) in [6, 6.07) is 20.5. The van der Waals surface area contributed by atoms with Gasteiger partial charge < -0.3 is 15.0 Å². The lowest BCUT2D eigenvalue weighted by atomic mass is 9.88. The molecule has 4 aromatic rings. The van der Waals surface area contributed by atoms with Gasteiger partial charge in [-0.2, -0.15) is 13.2 Å². The first-order valence-corrected chi connectivity index (χ1v) is 11.8. The van der Waals surface area contributed by atoms with Crippen LogP contribution in [0.15, 0.2) is 78.9 Å². The van der Waals surface area contributed by atoms with Gasteiger partial charge in [-0.25, -0.2) is 0 Å². The number of amides is 1. The highest BCUT2D eigenvalue weighted by Crippen LogP contribution is 2.31. The molecule has 0 fully saturated rings. The average Bonchev–Trinajstić information content (AvgIpc) is 3.20. The van der Waals surface area contributed by atoms with Crippen molar-refractivity contribution in [3.8, 4) is 0 Å². The van der Waals surface area contributed by atoms with Crippen LogP contribution in [-0.2, 0) is 30.4 Å². The van der Waals surface area contributed by atoms with Crippen LogP contribution in [0.1, 0.15) is 34.4 Å². The van der Waals surface area contributed by atoms with Crippen molar-refractivity contribution in [3.05, 3.63) is 107 Å². The number of carbonyl (C=O) groups excluding carboxylic acids is 1. The Balaban J connectivity index is 1.42. The number of nitrogens with zero attached hydrogens (tertiary/aromatic N) is 1. The van der Waals surface area contributed by atoms with E-state index in [0.717, 1.165) is 40.6 Å². The van der Waals surface area contributed by atoms with Crippen molar-refractivity contribution in [2.45, 2.75) is 38.1 Å². The molecule has 5 rings (SSSR count). The molecule has 0 spiro atoms. The molecule has 0 bridgehead atoms. The lowest BCUT2D eigenvalue weighted by Gasteiger charge is -2.23. The summed E-state index contributed by atoms with van der Waals surface area (Å²) in [5.41, 5.74) is 4.16. The van der Waals surface area contributed by atoms with Crippen LogP contribution < -0.4 is 5.32 Å². The van der Waals surface area contributed by atoms with Crippen LogP contribution >= 0.6 is 0 Å². The number of fused-ring (bicyclic) bond motifs is 2. The number of benzene rings is 3. The van der Waals surface area contributed by atoms with Gasteiger partial charge in [0.05, 0.1) is 11.7 Å². The van der Waals surface area contributed by atoms with Crippen LogP contribution in [0, 0.1) is 0 Å². The molecule has 1 aliphatic carbocycles. The molecule has 1 heterocycles. The van der Waals surface area contributed by atoms with Crippen molar-refractivity contribution >= 4 is 28.6 Å². The van der Waals surface area contributed by atoms with Gasteiger partial charge in [-0.05, 0) is 65.9 Å². The highest BCUT2D eigenvalue weighted by molar-refractivity contribution is 6.02. The van der Waals surface area contributed by atoms with Gasteiger partial charge in [0, 0.05) is 41.3 Å². The Hall–Kier alpha value is -3.84. The standard InChI is InChI=1S/C29H25F3N2O2/c30-29(31,32)22-8-3-5-19(15-22)18-34-23(16-21-6-1-2-10-27(21)34)12-14-28(36)33-26-9-4-7-20-11-13-24(35)17-25(20)26/h1-10,12,14-16,24,35H,11,13,17-18H2,(H,33,36)/b14-12+. The number of aryl methyl sites for hydroxylation is 1.